The SMILES string of the molecule is O=C1NCCCC[C@@H]1Sc1nnc(C2CC2)n1Cc1ccco1. The van der Waals surface area contributed by atoms with Crippen LogP contribution < -0.4 is 5.32 Å². The molecule has 2 aromatic heterocycles. The van der Waals surface area contributed by atoms with Crippen LogP contribution in [0.25, 0.3) is 0 Å². The maximum absolute atomic E-state index is 12.2. The highest BCUT2D eigenvalue weighted by Gasteiger charge is 2.32. The van der Waals surface area contributed by atoms with Gasteiger partial charge in [-0.3, -0.25) is 9.36 Å². The predicted octanol–water partition coefficient (Wildman–Crippen LogP) is 2.56. The van der Waals surface area contributed by atoms with Gasteiger partial charge in [-0.2, -0.15) is 0 Å². The van der Waals surface area contributed by atoms with Crippen LogP contribution in [0.2, 0.25) is 0 Å². The van der Waals surface area contributed by atoms with Gasteiger partial charge in [0.05, 0.1) is 18.1 Å². The van der Waals surface area contributed by atoms with Crippen molar-refractivity contribution in [2.75, 3.05) is 6.54 Å². The highest BCUT2D eigenvalue weighted by atomic mass is 32.2. The first-order valence-electron chi connectivity index (χ1n) is 8.21. The van der Waals surface area contributed by atoms with Gasteiger partial charge in [0.2, 0.25) is 5.91 Å². The summed E-state index contributed by atoms with van der Waals surface area (Å²) in [5.74, 6) is 2.54. The number of carbonyl (C=O) groups is 1. The molecule has 2 aromatic rings. The first kappa shape index (κ1) is 14.8. The lowest BCUT2D eigenvalue weighted by atomic mass is 10.2. The fourth-order valence-electron chi connectivity index (χ4n) is 2.89. The lowest BCUT2D eigenvalue weighted by molar-refractivity contribution is -0.120. The summed E-state index contributed by atoms with van der Waals surface area (Å²) in [7, 11) is 0. The smallest absolute Gasteiger partial charge is 0.233 e. The lowest BCUT2D eigenvalue weighted by Crippen LogP contribution is -2.30. The second-order valence-electron chi connectivity index (χ2n) is 6.17. The molecule has 0 spiro atoms. The molecule has 0 bridgehead atoms. The second-order valence-corrected chi connectivity index (χ2v) is 7.34. The number of nitrogens with zero attached hydrogens (tertiary/aromatic N) is 3. The number of rotatable bonds is 5. The fraction of sp³-hybridized carbons (Fsp3) is 0.562. The molecule has 4 rings (SSSR count). The lowest BCUT2D eigenvalue weighted by Gasteiger charge is -2.13. The van der Waals surface area contributed by atoms with Crippen LogP contribution in [-0.4, -0.2) is 32.5 Å². The van der Waals surface area contributed by atoms with Crippen molar-refractivity contribution < 1.29 is 9.21 Å². The number of nitrogens with one attached hydrogen (secondary N) is 1. The summed E-state index contributed by atoms with van der Waals surface area (Å²) in [5, 5.41) is 12.5. The first-order chi connectivity index (χ1) is 11.3. The number of amides is 1. The minimum atomic E-state index is -0.0795. The van der Waals surface area contributed by atoms with Gasteiger partial charge in [0.15, 0.2) is 5.16 Å². The Bertz CT molecular complexity index is 678. The number of hydrogen-bond acceptors (Lipinski definition) is 5. The maximum Gasteiger partial charge on any atom is 0.233 e. The molecule has 122 valence electrons. The highest BCUT2D eigenvalue weighted by molar-refractivity contribution is 8.00. The Kier molecular flexibility index (Phi) is 4.11. The minimum Gasteiger partial charge on any atom is -0.467 e. The molecule has 7 heteroatoms. The number of furan rings is 1. The van der Waals surface area contributed by atoms with Crippen LogP contribution in [0, 0.1) is 0 Å². The van der Waals surface area contributed by atoms with E-state index >= 15 is 0 Å². The monoisotopic (exact) mass is 332 g/mol. The van der Waals surface area contributed by atoms with Crippen LogP contribution in [0.5, 0.6) is 0 Å². The largest absolute Gasteiger partial charge is 0.467 e. The van der Waals surface area contributed by atoms with E-state index in [0.29, 0.717) is 12.5 Å². The van der Waals surface area contributed by atoms with E-state index < -0.39 is 0 Å². The zero-order valence-electron chi connectivity index (χ0n) is 12.9. The van der Waals surface area contributed by atoms with Crippen molar-refractivity contribution in [1.29, 1.82) is 0 Å². The molecular formula is C16H20N4O2S. The summed E-state index contributed by atoms with van der Waals surface area (Å²) in [6, 6.07) is 3.85. The molecule has 1 amide bonds. The number of thioether (sulfide) groups is 1. The Balaban J connectivity index is 1.58. The molecule has 2 aliphatic rings. The molecule has 0 aromatic carbocycles. The van der Waals surface area contributed by atoms with Crippen molar-refractivity contribution in [1.82, 2.24) is 20.1 Å². The molecule has 1 N–H and O–H groups in total. The average molecular weight is 332 g/mol. The average Bonchev–Trinajstić information content (AvgIpc) is 3.19. The summed E-state index contributed by atoms with van der Waals surface area (Å²) >= 11 is 1.54. The molecule has 1 aliphatic heterocycles. The molecule has 3 heterocycles. The van der Waals surface area contributed by atoms with E-state index in [0.717, 1.165) is 42.5 Å². The first-order valence-corrected chi connectivity index (χ1v) is 9.09. The molecule has 23 heavy (non-hydrogen) atoms. The molecule has 1 aliphatic carbocycles. The van der Waals surface area contributed by atoms with E-state index in [9.17, 15) is 4.79 Å². The van der Waals surface area contributed by atoms with Gasteiger partial charge in [-0.1, -0.05) is 18.2 Å². The van der Waals surface area contributed by atoms with E-state index in [1.165, 1.54) is 24.6 Å². The van der Waals surface area contributed by atoms with E-state index in [2.05, 4.69) is 20.1 Å². The normalized spacial score (nSPS) is 21.9. The zero-order valence-corrected chi connectivity index (χ0v) is 13.7. The summed E-state index contributed by atoms with van der Waals surface area (Å²) in [5.41, 5.74) is 0. The van der Waals surface area contributed by atoms with Crippen molar-refractivity contribution in [2.45, 2.75) is 55.0 Å². The topological polar surface area (TPSA) is 73.0 Å². The molecular weight excluding hydrogens is 312 g/mol. The summed E-state index contributed by atoms with van der Waals surface area (Å²) < 4.78 is 7.61. The quantitative estimate of drug-likeness (QED) is 0.911. The van der Waals surface area contributed by atoms with Gasteiger partial charge in [-0.05, 0) is 37.8 Å². The van der Waals surface area contributed by atoms with Gasteiger partial charge in [0.25, 0.3) is 0 Å². The molecule has 1 atom stereocenters. The van der Waals surface area contributed by atoms with Crippen molar-refractivity contribution in [3.05, 3.63) is 30.0 Å². The van der Waals surface area contributed by atoms with Gasteiger partial charge in [-0.15, -0.1) is 10.2 Å². The van der Waals surface area contributed by atoms with Crippen molar-refractivity contribution in [2.24, 2.45) is 0 Å². The Morgan fingerprint density at radius 1 is 1.30 bits per heavy atom. The Labute approximate surface area is 139 Å². The van der Waals surface area contributed by atoms with Crippen LogP contribution in [0.15, 0.2) is 28.0 Å². The Hall–Kier alpha value is -1.76. The van der Waals surface area contributed by atoms with E-state index in [1.54, 1.807) is 6.26 Å². The molecule has 1 saturated heterocycles. The summed E-state index contributed by atoms with van der Waals surface area (Å²) in [6.07, 6.45) is 7.04. The minimum absolute atomic E-state index is 0.0795. The molecule has 2 fully saturated rings. The van der Waals surface area contributed by atoms with Crippen LogP contribution in [0.4, 0.5) is 0 Å². The Morgan fingerprint density at radius 2 is 2.22 bits per heavy atom. The van der Waals surface area contributed by atoms with E-state index in [-0.39, 0.29) is 11.2 Å². The summed E-state index contributed by atoms with van der Waals surface area (Å²) in [4.78, 5) is 12.2. The van der Waals surface area contributed by atoms with Crippen LogP contribution in [-0.2, 0) is 11.3 Å². The predicted molar refractivity (Wildman–Crippen MR) is 86.3 cm³/mol. The van der Waals surface area contributed by atoms with Crippen molar-refractivity contribution in [3.63, 3.8) is 0 Å². The van der Waals surface area contributed by atoms with Crippen molar-refractivity contribution >= 4 is 17.7 Å². The molecule has 6 nitrogen and oxygen atoms in total. The third kappa shape index (κ3) is 3.29. The van der Waals surface area contributed by atoms with Crippen LogP contribution >= 0.6 is 11.8 Å². The number of carbonyl (C=O) groups excluding carboxylic acids is 1. The van der Waals surface area contributed by atoms with Crippen LogP contribution in [0.3, 0.4) is 0 Å². The van der Waals surface area contributed by atoms with E-state index in [4.69, 9.17) is 4.42 Å². The fourth-order valence-corrected chi connectivity index (χ4v) is 3.99. The summed E-state index contributed by atoms with van der Waals surface area (Å²) in [6.45, 7) is 1.41. The zero-order chi connectivity index (χ0) is 15.6. The molecule has 0 radical (unpaired) electrons. The third-order valence-electron chi connectivity index (χ3n) is 4.31. The molecule has 0 unspecified atom stereocenters. The van der Waals surface area contributed by atoms with Gasteiger partial charge < -0.3 is 9.73 Å². The Morgan fingerprint density at radius 3 is 3.00 bits per heavy atom. The van der Waals surface area contributed by atoms with Crippen LogP contribution in [0.1, 0.15) is 49.6 Å². The van der Waals surface area contributed by atoms with Gasteiger partial charge in [0.1, 0.15) is 11.6 Å². The number of hydrogen-bond donors (Lipinski definition) is 1. The van der Waals surface area contributed by atoms with Crippen molar-refractivity contribution in [3.8, 4) is 0 Å². The van der Waals surface area contributed by atoms with Gasteiger partial charge in [0, 0.05) is 12.5 Å². The highest BCUT2D eigenvalue weighted by Crippen LogP contribution is 2.41. The maximum atomic E-state index is 12.2. The second kappa shape index (κ2) is 6.39. The van der Waals surface area contributed by atoms with Gasteiger partial charge in [-0.25, -0.2) is 0 Å². The van der Waals surface area contributed by atoms with Gasteiger partial charge >= 0.3 is 0 Å². The van der Waals surface area contributed by atoms with E-state index in [1.807, 2.05) is 12.1 Å². The number of aromatic nitrogens is 3. The third-order valence-corrected chi connectivity index (χ3v) is 5.56. The molecule has 1 saturated carbocycles. The standard InChI is InChI=1S/C16H20N4O2S/c21-15-13(5-1-2-8-17-15)23-16-19-18-14(11-6-7-11)20(16)10-12-4-3-9-22-12/h3-4,9,11,13H,1-2,5-8,10H2,(H,17,21)/t13-/m0/s1.